The van der Waals surface area contributed by atoms with E-state index in [4.69, 9.17) is 4.74 Å². The lowest BCUT2D eigenvalue weighted by Crippen LogP contribution is -2.13. The number of benzene rings is 2. The number of rotatable bonds is 10. The van der Waals surface area contributed by atoms with E-state index >= 15 is 0 Å². The molecule has 31 heavy (non-hydrogen) atoms. The Bertz CT molecular complexity index is 794. The molecule has 1 aliphatic carbocycles. The first-order valence-electron chi connectivity index (χ1n) is 11.4. The molecule has 168 valence electrons. The van der Waals surface area contributed by atoms with Crippen LogP contribution in [0.1, 0.15) is 86.6 Å². The monoisotopic (exact) mass is 430 g/mol. The number of esters is 1. The molecule has 1 fully saturated rings. The molecular formula is C26H32F2O3. The Labute approximate surface area is 183 Å². The lowest BCUT2D eigenvalue weighted by Gasteiger charge is -2.29. The van der Waals surface area contributed by atoms with Crippen molar-refractivity contribution in [2.45, 2.75) is 77.2 Å². The van der Waals surface area contributed by atoms with Gasteiger partial charge in [-0.2, -0.15) is 8.78 Å². The first-order chi connectivity index (χ1) is 15.0. The van der Waals surface area contributed by atoms with Gasteiger partial charge in [0.1, 0.15) is 11.5 Å². The fourth-order valence-corrected chi connectivity index (χ4v) is 4.39. The molecular weight excluding hydrogens is 398 g/mol. The maximum absolute atomic E-state index is 12.3. The summed E-state index contributed by atoms with van der Waals surface area (Å²) in [5.74, 6) is 1.42. The summed E-state index contributed by atoms with van der Waals surface area (Å²) in [5, 5.41) is 0. The van der Waals surface area contributed by atoms with E-state index in [1.165, 1.54) is 87.6 Å². The molecule has 0 amide bonds. The minimum atomic E-state index is -2.89. The van der Waals surface area contributed by atoms with Gasteiger partial charge < -0.3 is 9.47 Å². The largest absolute Gasteiger partial charge is 0.435 e. The van der Waals surface area contributed by atoms with Gasteiger partial charge in [-0.15, -0.1) is 0 Å². The molecule has 5 heteroatoms. The van der Waals surface area contributed by atoms with E-state index in [0.29, 0.717) is 11.7 Å². The van der Waals surface area contributed by atoms with Gasteiger partial charge in [0.2, 0.25) is 0 Å². The number of hydrogen-bond donors (Lipinski definition) is 0. The van der Waals surface area contributed by atoms with Crippen LogP contribution >= 0.6 is 0 Å². The summed E-state index contributed by atoms with van der Waals surface area (Å²) in [5.41, 5.74) is 1.58. The smallest absolute Gasteiger partial charge is 0.387 e. The first kappa shape index (κ1) is 23.2. The molecule has 0 aliphatic heterocycles. The minimum Gasteiger partial charge on any atom is -0.435 e. The lowest BCUT2D eigenvalue weighted by atomic mass is 9.77. The highest BCUT2D eigenvalue weighted by atomic mass is 19.3. The van der Waals surface area contributed by atoms with Gasteiger partial charge in [0.25, 0.3) is 0 Å². The highest BCUT2D eigenvalue weighted by Gasteiger charge is 2.22. The fourth-order valence-electron chi connectivity index (χ4n) is 4.39. The van der Waals surface area contributed by atoms with Crippen molar-refractivity contribution >= 4 is 5.97 Å². The molecule has 0 unspecified atom stereocenters. The fraction of sp³-hybridized carbons (Fsp3) is 0.500. The highest BCUT2D eigenvalue weighted by molar-refractivity contribution is 5.91. The summed E-state index contributed by atoms with van der Waals surface area (Å²) < 4.78 is 34.1. The summed E-state index contributed by atoms with van der Waals surface area (Å²) in [6, 6.07) is 13.2. The van der Waals surface area contributed by atoms with Gasteiger partial charge in [-0.05, 0) is 79.5 Å². The maximum Gasteiger partial charge on any atom is 0.387 e. The van der Waals surface area contributed by atoms with Crippen LogP contribution in [0.3, 0.4) is 0 Å². The lowest BCUT2D eigenvalue weighted by molar-refractivity contribution is -0.0498. The maximum atomic E-state index is 12.3. The average Bonchev–Trinajstić information content (AvgIpc) is 2.78. The van der Waals surface area contributed by atoms with Gasteiger partial charge in [0.15, 0.2) is 0 Å². The van der Waals surface area contributed by atoms with Gasteiger partial charge in [0, 0.05) is 0 Å². The summed E-state index contributed by atoms with van der Waals surface area (Å²) in [7, 11) is 0. The predicted octanol–water partition coefficient (Wildman–Crippen LogP) is 7.75. The second-order valence-electron chi connectivity index (χ2n) is 8.43. The summed E-state index contributed by atoms with van der Waals surface area (Å²) in [6.07, 6.45) is 11.8. The Morgan fingerprint density at radius 3 is 2.16 bits per heavy atom. The molecule has 2 aromatic carbocycles. The van der Waals surface area contributed by atoms with Crippen molar-refractivity contribution in [2.24, 2.45) is 5.92 Å². The van der Waals surface area contributed by atoms with Crippen LogP contribution in [0.5, 0.6) is 11.5 Å². The number of alkyl halides is 2. The molecule has 0 spiro atoms. The standard InChI is InChI=1S/C26H32F2O3/c1-2-3-4-5-6-19-7-9-20(10-8-19)21-11-15-23(16-12-21)30-25(29)22-13-17-24(18-14-22)31-26(27)28/h11-20,26H,2-10H2,1H3/t19-,20-. The third kappa shape index (κ3) is 7.34. The Balaban J connectivity index is 1.46. The van der Waals surface area contributed by atoms with E-state index in [1.807, 2.05) is 12.1 Å². The Morgan fingerprint density at radius 1 is 0.903 bits per heavy atom. The summed E-state index contributed by atoms with van der Waals surface area (Å²) in [4.78, 5) is 12.3. The number of unbranched alkanes of at least 4 members (excludes halogenated alkanes) is 3. The van der Waals surface area contributed by atoms with Crippen LogP contribution in [0.2, 0.25) is 0 Å². The number of hydrogen-bond acceptors (Lipinski definition) is 3. The van der Waals surface area contributed by atoms with Crippen LogP contribution in [0.15, 0.2) is 48.5 Å². The van der Waals surface area contributed by atoms with Gasteiger partial charge in [0.05, 0.1) is 5.56 Å². The van der Waals surface area contributed by atoms with Gasteiger partial charge in [-0.25, -0.2) is 4.79 Å². The molecule has 0 bridgehead atoms. The van der Waals surface area contributed by atoms with Gasteiger partial charge in [-0.3, -0.25) is 0 Å². The first-order valence-corrected chi connectivity index (χ1v) is 11.4. The van der Waals surface area contributed by atoms with Crippen molar-refractivity contribution < 1.29 is 23.0 Å². The van der Waals surface area contributed by atoms with Crippen LogP contribution in [-0.4, -0.2) is 12.6 Å². The predicted molar refractivity (Wildman–Crippen MR) is 118 cm³/mol. The van der Waals surface area contributed by atoms with Crippen LogP contribution in [0.25, 0.3) is 0 Å². The molecule has 1 saturated carbocycles. The van der Waals surface area contributed by atoms with Gasteiger partial charge >= 0.3 is 12.6 Å². The van der Waals surface area contributed by atoms with Crippen molar-refractivity contribution in [3.05, 3.63) is 59.7 Å². The molecule has 3 rings (SSSR count). The second-order valence-corrected chi connectivity index (χ2v) is 8.43. The molecule has 0 heterocycles. The zero-order valence-corrected chi connectivity index (χ0v) is 18.2. The van der Waals surface area contributed by atoms with E-state index in [1.54, 1.807) is 0 Å². The minimum absolute atomic E-state index is 0.00610. The van der Waals surface area contributed by atoms with Crippen LogP contribution in [0.4, 0.5) is 8.78 Å². The Kier molecular flexibility index (Phi) is 8.86. The number of carbonyl (C=O) groups excluding carboxylic acids is 1. The van der Waals surface area contributed by atoms with E-state index < -0.39 is 12.6 Å². The van der Waals surface area contributed by atoms with Gasteiger partial charge in [-0.1, -0.05) is 51.2 Å². The summed E-state index contributed by atoms with van der Waals surface area (Å²) in [6.45, 7) is -0.639. The molecule has 0 aromatic heterocycles. The zero-order valence-electron chi connectivity index (χ0n) is 18.2. The Morgan fingerprint density at radius 2 is 1.55 bits per heavy atom. The van der Waals surface area contributed by atoms with Crippen molar-refractivity contribution in [1.29, 1.82) is 0 Å². The normalized spacial score (nSPS) is 18.7. The van der Waals surface area contributed by atoms with Crippen molar-refractivity contribution in [3.8, 4) is 11.5 Å². The topological polar surface area (TPSA) is 35.5 Å². The van der Waals surface area contributed by atoms with Crippen molar-refractivity contribution in [2.75, 3.05) is 0 Å². The van der Waals surface area contributed by atoms with E-state index in [9.17, 15) is 13.6 Å². The van der Waals surface area contributed by atoms with E-state index in [0.717, 1.165) is 5.92 Å². The number of halogens is 2. The molecule has 2 aromatic rings. The highest BCUT2D eigenvalue weighted by Crippen LogP contribution is 2.38. The molecule has 1 aliphatic rings. The second kappa shape index (κ2) is 11.8. The van der Waals surface area contributed by atoms with E-state index in [-0.39, 0.29) is 11.3 Å². The number of ether oxygens (including phenoxy) is 2. The third-order valence-corrected chi connectivity index (χ3v) is 6.19. The SMILES string of the molecule is CCCCCC[C@H]1CC[C@H](c2ccc(OC(=O)c3ccc(OC(F)F)cc3)cc2)CC1. The molecule has 0 N–H and O–H groups in total. The molecule has 0 atom stereocenters. The molecule has 3 nitrogen and oxygen atoms in total. The average molecular weight is 431 g/mol. The van der Waals surface area contributed by atoms with Crippen LogP contribution < -0.4 is 9.47 Å². The molecule has 0 radical (unpaired) electrons. The quantitative estimate of drug-likeness (QED) is 0.220. The molecule has 0 saturated heterocycles. The number of carbonyl (C=O) groups is 1. The Hall–Kier alpha value is -2.43. The van der Waals surface area contributed by atoms with Crippen molar-refractivity contribution in [1.82, 2.24) is 0 Å². The van der Waals surface area contributed by atoms with E-state index in [2.05, 4.69) is 23.8 Å². The third-order valence-electron chi connectivity index (χ3n) is 6.19. The van der Waals surface area contributed by atoms with Crippen molar-refractivity contribution in [3.63, 3.8) is 0 Å². The van der Waals surface area contributed by atoms with Crippen LogP contribution in [-0.2, 0) is 0 Å². The zero-order chi connectivity index (χ0) is 22.1. The summed E-state index contributed by atoms with van der Waals surface area (Å²) >= 11 is 0. The van der Waals surface area contributed by atoms with Crippen LogP contribution in [0, 0.1) is 5.92 Å².